The Morgan fingerprint density at radius 1 is 1.29 bits per heavy atom. The van der Waals surface area contributed by atoms with Crippen LogP contribution in [0.2, 0.25) is 0 Å². The molecule has 5 heteroatoms. The van der Waals surface area contributed by atoms with E-state index in [1.165, 1.54) is 0 Å². The molecule has 2 rings (SSSR count). The molecule has 1 fully saturated rings. The molecule has 0 saturated carbocycles. The molecule has 1 unspecified atom stereocenters. The predicted octanol–water partition coefficient (Wildman–Crippen LogP) is 2.48. The minimum Gasteiger partial charge on any atom is -0.388 e. The van der Waals surface area contributed by atoms with E-state index in [0.29, 0.717) is 6.54 Å². The second-order valence-corrected chi connectivity index (χ2v) is 7.37. The summed E-state index contributed by atoms with van der Waals surface area (Å²) in [6.45, 7) is 11.8. The maximum atomic E-state index is 10.4. The summed E-state index contributed by atoms with van der Waals surface area (Å²) < 4.78 is 0. The van der Waals surface area contributed by atoms with E-state index < -0.39 is 5.60 Å². The van der Waals surface area contributed by atoms with Gasteiger partial charge in [0.1, 0.15) is 17.5 Å². The molecule has 0 amide bonds. The molecule has 0 aliphatic carbocycles. The summed E-state index contributed by atoms with van der Waals surface area (Å²) >= 11 is 0. The number of anilines is 2. The summed E-state index contributed by atoms with van der Waals surface area (Å²) in [6, 6.07) is 0. The van der Waals surface area contributed by atoms with Crippen LogP contribution in [0, 0.1) is 6.92 Å². The van der Waals surface area contributed by atoms with Gasteiger partial charge in [-0.1, -0.05) is 20.8 Å². The summed E-state index contributed by atoms with van der Waals surface area (Å²) in [5.74, 6) is 2.65. The summed E-state index contributed by atoms with van der Waals surface area (Å²) in [5.41, 5.74) is 0.298. The fourth-order valence-corrected chi connectivity index (χ4v) is 2.79. The van der Waals surface area contributed by atoms with Crippen molar-refractivity contribution in [3.63, 3.8) is 0 Å². The first-order chi connectivity index (χ1) is 9.64. The number of aliphatic hydroxyl groups is 1. The summed E-state index contributed by atoms with van der Waals surface area (Å²) in [4.78, 5) is 11.6. The van der Waals surface area contributed by atoms with Gasteiger partial charge in [0, 0.05) is 31.1 Å². The molecule has 118 valence electrons. The van der Waals surface area contributed by atoms with Crippen LogP contribution in [0.3, 0.4) is 0 Å². The van der Waals surface area contributed by atoms with Gasteiger partial charge in [-0.3, -0.25) is 0 Å². The van der Waals surface area contributed by atoms with Gasteiger partial charge in [-0.15, -0.1) is 0 Å². The second-order valence-electron chi connectivity index (χ2n) is 7.37. The van der Waals surface area contributed by atoms with Crippen molar-refractivity contribution in [3.8, 4) is 0 Å². The second kappa shape index (κ2) is 5.44. The normalized spacial score (nSPS) is 23.3. The molecule has 1 aromatic rings. The lowest BCUT2D eigenvalue weighted by Gasteiger charge is -2.38. The van der Waals surface area contributed by atoms with E-state index >= 15 is 0 Å². The Labute approximate surface area is 127 Å². The first-order valence-corrected chi connectivity index (χ1v) is 7.68. The predicted molar refractivity (Wildman–Crippen MR) is 87.1 cm³/mol. The van der Waals surface area contributed by atoms with E-state index in [4.69, 9.17) is 4.98 Å². The summed E-state index contributed by atoms with van der Waals surface area (Å²) in [5, 5.41) is 13.5. The molecule has 0 spiro atoms. The highest BCUT2D eigenvalue weighted by molar-refractivity contribution is 5.59. The Balaban J connectivity index is 2.47. The van der Waals surface area contributed by atoms with Crippen molar-refractivity contribution < 1.29 is 5.11 Å². The molecule has 1 aliphatic rings. The van der Waals surface area contributed by atoms with Crippen LogP contribution in [-0.2, 0) is 5.41 Å². The molecule has 0 radical (unpaired) electrons. The first-order valence-electron chi connectivity index (χ1n) is 7.68. The maximum Gasteiger partial charge on any atom is 0.138 e. The third-order valence-electron chi connectivity index (χ3n) is 4.00. The smallest absolute Gasteiger partial charge is 0.138 e. The summed E-state index contributed by atoms with van der Waals surface area (Å²) in [7, 11) is 1.89. The van der Waals surface area contributed by atoms with Crippen LogP contribution in [-0.4, -0.2) is 40.8 Å². The van der Waals surface area contributed by atoms with Gasteiger partial charge in [0.25, 0.3) is 0 Å². The monoisotopic (exact) mass is 292 g/mol. The van der Waals surface area contributed by atoms with Crippen LogP contribution in [0.1, 0.15) is 51.9 Å². The van der Waals surface area contributed by atoms with Crippen molar-refractivity contribution in [2.45, 2.75) is 58.5 Å². The fraction of sp³-hybridized carbons (Fsp3) is 0.750. The molecule has 5 nitrogen and oxygen atoms in total. The largest absolute Gasteiger partial charge is 0.388 e. The molecular weight excluding hydrogens is 264 g/mol. The Hall–Kier alpha value is -1.36. The average Bonchev–Trinajstić information content (AvgIpc) is 2.36. The van der Waals surface area contributed by atoms with E-state index in [1.807, 2.05) is 20.9 Å². The highest BCUT2D eigenvalue weighted by atomic mass is 16.3. The number of hydrogen-bond acceptors (Lipinski definition) is 5. The molecule has 1 saturated heterocycles. The number of nitrogens with one attached hydrogen (secondary N) is 1. The topological polar surface area (TPSA) is 61.3 Å². The van der Waals surface area contributed by atoms with Gasteiger partial charge in [-0.25, -0.2) is 9.97 Å². The van der Waals surface area contributed by atoms with Crippen molar-refractivity contribution in [3.05, 3.63) is 11.4 Å². The SMILES string of the molecule is CNc1nc(C(C)(C)C)nc(N2CCCC(C)(O)C2)c1C. The zero-order valence-corrected chi connectivity index (χ0v) is 14.1. The number of aromatic nitrogens is 2. The van der Waals surface area contributed by atoms with Crippen molar-refractivity contribution in [1.82, 2.24) is 9.97 Å². The summed E-state index contributed by atoms with van der Waals surface area (Å²) in [6.07, 6.45) is 1.83. The Morgan fingerprint density at radius 2 is 1.95 bits per heavy atom. The standard InChI is InChI=1S/C16H28N4O/c1-11-12(17-6)18-14(15(2,3)4)19-13(11)20-9-7-8-16(5,21)10-20/h21H,7-10H2,1-6H3,(H,17,18,19). The van der Waals surface area contributed by atoms with Crippen molar-refractivity contribution in [2.75, 3.05) is 30.4 Å². The van der Waals surface area contributed by atoms with Crippen LogP contribution in [0.15, 0.2) is 0 Å². The van der Waals surface area contributed by atoms with Gasteiger partial charge in [0.15, 0.2) is 0 Å². The third kappa shape index (κ3) is 3.46. The molecule has 1 aliphatic heterocycles. The lowest BCUT2D eigenvalue weighted by molar-refractivity contribution is 0.0446. The van der Waals surface area contributed by atoms with E-state index in [9.17, 15) is 5.11 Å². The Morgan fingerprint density at radius 3 is 2.48 bits per heavy atom. The van der Waals surface area contributed by atoms with E-state index in [1.54, 1.807) is 0 Å². The molecule has 2 heterocycles. The van der Waals surface area contributed by atoms with Crippen LogP contribution in [0.4, 0.5) is 11.6 Å². The number of piperidine rings is 1. The fourth-order valence-electron chi connectivity index (χ4n) is 2.79. The molecule has 2 N–H and O–H groups in total. The number of hydrogen-bond donors (Lipinski definition) is 2. The van der Waals surface area contributed by atoms with Crippen LogP contribution in [0.5, 0.6) is 0 Å². The van der Waals surface area contributed by atoms with Crippen molar-refractivity contribution >= 4 is 11.6 Å². The highest BCUT2D eigenvalue weighted by Crippen LogP contribution is 2.31. The highest BCUT2D eigenvalue weighted by Gasteiger charge is 2.31. The molecule has 0 aromatic carbocycles. The van der Waals surface area contributed by atoms with Crippen molar-refractivity contribution in [2.24, 2.45) is 0 Å². The van der Waals surface area contributed by atoms with Gasteiger partial charge < -0.3 is 15.3 Å². The van der Waals surface area contributed by atoms with Gasteiger partial charge in [-0.2, -0.15) is 0 Å². The average molecular weight is 292 g/mol. The molecule has 1 aromatic heterocycles. The molecule has 21 heavy (non-hydrogen) atoms. The zero-order valence-electron chi connectivity index (χ0n) is 14.1. The number of β-amino-alcohol motifs (C(OH)–C–C–N with tert-alkyl or cyclic N) is 1. The third-order valence-corrected chi connectivity index (χ3v) is 4.00. The van der Waals surface area contributed by atoms with Crippen molar-refractivity contribution in [1.29, 1.82) is 0 Å². The Kier molecular flexibility index (Phi) is 4.15. The Bertz CT molecular complexity index is 520. The number of nitrogens with zero attached hydrogens (tertiary/aromatic N) is 3. The van der Waals surface area contributed by atoms with E-state index in [2.05, 4.69) is 36.0 Å². The van der Waals surface area contributed by atoms with E-state index in [-0.39, 0.29) is 5.41 Å². The first kappa shape index (κ1) is 16.0. The lowest BCUT2D eigenvalue weighted by Crippen LogP contribution is -2.47. The molecule has 1 atom stereocenters. The minimum absolute atomic E-state index is 0.105. The lowest BCUT2D eigenvalue weighted by atomic mass is 9.94. The van der Waals surface area contributed by atoms with Gasteiger partial charge in [0.05, 0.1) is 5.60 Å². The van der Waals surface area contributed by atoms with Crippen LogP contribution < -0.4 is 10.2 Å². The van der Waals surface area contributed by atoms with Crippen LogP contribution in [0.25, 0.3) is 0 Å². The quantitative estimate of drug-likeness (QED) is 0.877. The van der Waals surface area contributed by atoms with Crippen LogP contribution >= 0.6 is 0 Å². The maximum absolute atomic E-state index is 10.4. The zero-order chi connectivity index (χ0) is 15.8. The van der Waals surface area contributed by atoms with E-state index in [0.717, 1.165) is 42.4 Å². The minimum atomic E-state index is -0.642. The molecule has 0 bridgehead atoms. The molecular formula is C16H28N4O. The van der Waals surface area contributed by atoms with Gasteiger partial charge in [-0.05, 0) is 26.7 Å². The van der Waals surface area contributed by atoms with Gasteiger partial charge >= 0.3 is 0 Å². The van der Waals surface area contributed by atoms with Gasteiger partial charge in [0.2, 0.25) is 0 Å². The number of rotatable bonds is 2.